The molecule has 0 saturated heterocycles. The molecule has 1 aromatic rings. The number of carbonyl (C=O) groups is 1. The minimum absolute atomic E-state index is 0. The van der Waals surface area contributed by atoms with E-state index in [0.717, 1.165) is 6.54 Å². The molecule has 17 heavy (non-hydrogen) atoms. The number of hydrogen-bond donors (Lipinski definition) is 2. The number of nitrogens with two attached hydrogens (primary N) is 1. The molecule has 94 valence electrons. The molecular formula is C13H19ClN2O. The fraction of sp³-hybridized carbons (Fsp3) is 0.462. The van der Waals surface area contributed by atoms with Crippen LogP contribution in [0.1, 0.15) is 36.0 Å². The smallest absolute Gasteiger partial charge is 0.253 e. The van der Waals surface area contributed by atoms with Gasteiger partial charge in [0.25, 0.3) is 5.91 Å². The fourth-order valence-corrected chi connectivity index (χ4v) is 2.25. The Balaban J connectivity index is 0.00000144. The van der Waals surface area contributed by atoms with Crippen LogP contribution in [0.2, 0.25) is 0 Å². The average Bonchev–Trinajstić information content (AvgIpc) is 2.79. The third-order valence-corrected chi connectivity index (χ3v) is 3.23. The molecule has 0 heterocycles. The normalized spacial score (nSPS) is 15.3. The number of halogens is 1. The summed E-state index contributed by atoms with van der Waals surface area (Å²) in [4.78, 5) is 11.8. The number of benzene rings is 1. The molecule has 3 N–H and O–H groups in total. The van der Waals surface area contributed by atoms with E-state index in [9.17, 15) is 4.79 Å². The number of carbonyl (C=O) groups excluding carboxylic acids is 1. The van der Waals surface area contributed by atoms with Gasteiger partial charge in [0.05, 0.1) is 5.56 Å². The summed E-state index contributed by atoms with van der Waals surface area (Å²) in [6.07, 6.45) is 5.08. The summed E-state index contributed by atoms with van der Waals surface area (Å²) in [5.41, 5.74) is 6.88. The summed E-state index contributed by atoms with van der Waals surface area (Å²) in [5.74, 6) is 0.610. The van der Waals surface area contributed by atoms with Gasteiger partial charge in [-0.05, 0) is 30.9 Å². The number of para-hydroxylation sites is 1. The van der Waals surface area contributed by atoms with Crippen LogP contribution in [0.3, 0.4) is 0 Å². The van der Waals surface area contributed by atoms with Gasteiger partial charge in [-0.15, -0.1) is 12.4 Å². The van der Waals surface area contributed by atoms with Gasteiger partial charge in [-0.2, -0.15) is 0 Å². The lowest BCUT2D eigenvalue weighted by atomic mass is 10.1. The van der Waals surface area contributed by atoms with Gasteiger partial charge in [0, 0.05) is 12.2 Å². The van der Waals surface area contributed by atoms with E-state index in [0.29, 0.717) is 17.2 Å². The Hall–Kier alpha value is -1.22. The molecule has 1 aliphatic carbocycles. The highest BCUT2D eigenvalue weighted by Crippen LogP contribution is 2.23. The van der Waals surface area contributed by atoms with E-state index >= 15 is 0 Å². The monoisotopic (exact) mass is 254 g/mol. The highest BCUT2D eigenvalue weighted by atomic mass is 35.5. The van der Waals surface area contributed by atoms with Crippen molar-refractivity contribution in [3.05, 3.63) is 29.8 Å². The molecule has 1 amide bonds. The van der Waals surface area contributed by atoms with Crippen molar-refractivity contribution in [3.63, 3.8) is 0 Å². The Bertz CT molecular complexity index is 375. The third kappa shape index (κ3) is 3.63. The van der Waals surface area contributed by atoms with Gasteiger partial charge < -0.3 is 11.1 Å². The molecule has 1 aliphatic rings. The molecular weight excluding hydrogens is 236 g/mol. The van der Waals surface area contributed by atoms with Crippen LogP contribution in [0.15, 0.2) is 24.3 Å². The summed E-state index contributed by atoms with van der Waals surface area (Å²) < 4.78 is 0. The molecule has 0 atom stereocenters. The van der Waals surface area contributed by atoms with Crippen molar-refractivity contribution < 1.29 is 4.79 Å². The Kier molecular flexibility index (Phi) is 5.29. The third-order valence-electron chi connectivity index (χ3n) is 3.23. The second-order valence-corrected chi connectivity index (χ2v) is 4.45. The lowest BCUT2D eigenvalue weighted by Gasteiger charge is -2.11. The zero-order valence-corrected chi connectivity index (χ0v) is 10.6. The summed E-state index contributed by atoms with van der Waals surface area (Å²) in [6.45, 7) is 0.785. The molecule has 2 rings (SSSR count). The zero-order valence-electron chi connectivity index (χ0n) is 9.82. The van der Waals surface area contributed by atoms with E-state index in [1.54, 1.807) is 12.1 Å². The first-order valence-electron chi connectivity index (χ1n) is 5.90. The maximum absolute atomic E-state index is 11.8. The number of nitrogen functional groups attached to an aromatic ring is 1. The SMILES string of the molecule is Cl.Nc1ccccc1C(=O)NCC1CCCC1. The standard InChI is InChI=1S/C13H18N2O.ClH/c14-12-8-4-3-7-11(12)13(16)15-9-10-5-1-2-6-10;/h3-4,7-8,10H,1-2,5-6,9,14H2,(H,15,16);1H. The van der Waals surface area contributed by atoms with Crippen molar-refractivity contribution in [2.75, 3.05) is 12.3 Å². The van der Waals surface area contributed by atoms with E-state index in [-0.39, 0.29) is 18.3 Å². The lowest BCUT2D eigenvalue weighted by molar-refractivity contribution is 0.0948. The maximum atomic E-state index is 11.8. The van der Waals surface area contributed by atoms with Crippen molar-refractivity contribution in [2.45, 2.75) is 25.7 Å². The lowest BCUT2D eigenvalue weighted by Crippen LogP contribution is -2.28. The number of nitrogens with one attached hydrogen (secondary N) is 1. The summed E-state index contributed by atoms with van der Waals surface area (Å²) in [5, 5.41) is 2.96. The number of amides is 1. The number of hydrogen-bond acceptors (Lipinski definition) is 2. The second kappa shape index (κ2) is 6.50. The summed E-state index contributed by atoms with van der Waals surface area (Å²) in [7, 11) is 0. The van der Waals surface area contributed by atoms with Crippen LogP contribution in [0.5, 0.6) is 0 Å². The van der Waals surface area contributed by atoms with Crippen LogP contribution < -0.4 is 11.1 Å². The first kappa shape index (κ1) is 13.8. The minimum Gasteiger partial charge on any atom is -0.398 e. The fourth-order valence-electron chi connectivity index (χ4n) is 2.25. The largest absolute Gasteiger partial charge is 0.398 e. The second-order valence-electron chi connectivity index (χ2n) is 4.45. The predicted molar refractivity (Wildman–Crippen MR) is 72.4 cm³/mol. The van der Waals surface area contributed by atoms with Crippen LogP contribution in [-0.4, -0.2) is 12.5 Å². The van der Waals surface area contributed by atoms with Crippen molar-refractivity contribution >= 4 is 24.0 Å². The van der Waals surface area contributed by atoms with Gasteiger partial charge >= 0.3 is 0 Å². The Labute approximate surface area is 108 Å². The first-order valence-corrected chi connectivity index (χ1v) is 5.90. The number of anilines is 1. The molecule has 1 aromatic carbocycles. The zero-order chi connectivity index (χ0) is 11.4. The predicted octanol–water partition coefficient (Wildman–Crippen LogP) is 2.61. The van der Waals surface area contributed by atoms with E-state index in [4.69, 9.17) is 5.73 Å². The molecule has 0 spiro atoms. The Morgan fingerprint density at radius 2 is 1.94 bits per heavy atom. The van der Waals surface area contributed by atoms with Crippen molar-refractivity contribution in [2.24, 2.45) is 5.92 Å². The van der Waals surface area contributed by atoms with Gasteiger partial charge in [0.1, 0.15) is 0 Å². The van der Waals surface area contributed by atoms with Crippen LogP contribution >= 0.6 is 12.4 Å². The summed E-state index contributed by atoms with van der Waals surface area (Å²) in [6, 6.07) is 7.19. The molecule has 1 fully saturated rings. The molecule has 0 unspecified atom stereocenters. The molecule has 4 heteroatoms. The van der Waals surface area contributed by atoms with Crippen LogP contribution in [0, 0.1) is 5.92 Å². The van der Waals surface area contributed by atoms with Gasteiger partial charge in [-0.1, -0.05) is 25.0 Å². The van der Waals surface area contributed by atoms with E-state index < -0.39 is 0 Å². The molecule has 0 bridgehead atoms. The first-order chi connectivity index (χ1) is 7.77. The highest BCUT2D eigenvalue weighted by Gasteiger charge is 2.16. The van der Waals surface area contributed by atoms with Crippen LogP contribution in [-0.2, 0) is 0 Å². The van der Waals surface area contributed by atoms with E-state index in [1.807, 2.05) is 12.1 Å². The number of rotatable bonds is 3. The van der Waals surface area contributed by atoms with Crippen LogP contribution in [0.4, 0.5) is 5.69 Å². The van der Waals surface area contributed by atoms with Crippen molar-refractivity contribution in [3.8, 4) is 0 Å². The van der Waals surface area contributed by atoms with Crippen molar-refractivity contribution in [1.29, 1.82) is 0 Å². The molecule has 0 radical (unpaired) electrons. The highest BCUT2D eigenvalue weighted by molar-refractivity contribution is 5.99. The van der Waals surface area contributed by atoms with Gasteiger partial charge in [0.15, 0.2) is 0 Å². The van der Waals surface area contributed by atoms with Crippen LogP contribution in [0.25, 0.3) is 0 Å². The maximum Gasteiger partial charge on any atom is 0.253 e. The quantitative estimate of drug-likeness (QED) is 0.815. The topological polar surface area (TPSA) is 55.1 Å². The average molecular weight is 255 g/mol. The molecule has 0 aliphatic heterocycles. The molecule has 3 nitrogen and oxygen atoms in total. The minimum atomic E-state index is -0.0509. The Morgan fingerprint density at radius 1 is 1.29 bits per heavy atom. The van der Waals surface area contributed by atoms with Gasteiger partial charge in [-0.3, -0.25) is 4.79 Å². The molecule has 0 aromatic heterocycles. The van der Waals surface area contributed by atoms with Crippen molar-refractivity contribution in [1.82, 2.24) is 5.32 Å². The Morgan fingerprint density at radius 3 is 2.59 bits per heavy atom. The van der Waals surface area contributed by atoms with E-state index in [1.165, 1.54) is 25.7 Å². The molecule has 1 saturated carbocycles. The summed E-state index contributed by atoms with van der Waals surface area (Å²) >= 11 is 0. The van der Waals surface area contributed by atoms with E-state index in [2.05, 4.69) is 5.32 Å². The van der Waals surface area contributed by atoms with Gasteiger partial charge in [-0.25, -0.2) is 0 Å². The van der Waals surface area contributed by atoms with Gasteiger partial charge in [0.2, 0.25) is 0 Å².